The molecule has 0 bridgehead atoms. The summed E-state index contributed by atoms with van der Waals surface area (Å²) in [6.45, 7) is 8.98. The Labute approximate surface area is 75.5 Å². The van der Waals surface area contributed by atoms with Crippen LogP contribution in [0.2, 0.25) is 0 Å². The zero-order chi connectivity index (χ0) is 8.97. The number of rotatable bonds is 4. The van der Waals surface area contributed by atoms with E-state index in [2.05, 4.69) is 23.6 Å². The molecule has 0 amide bonds. The van der Waals surface area contributed by atoms with E-state index >= 15 is 0 Å². The summed E-state index contributed by atoms with van der Waals surface area (Å²) in [6.07, 6.45) is 2.59. The van der Waals surface area contributed by atoms with Crippen LogP contribution in [0.4, 0.5) is 0 Å². The minimum atomic E-state index is 0.185. The van der Waals surface area contributed by atoms with Crippen molar-refractivity contribution in [1.82, 2.24) is 9.80 Å². The molecule has 0 aromatic carbocycles. The topological polar surface area (TPSA) is 32.5 Å². The van der Waals surface area contributed by atoms with Crippen molar-refractivity contribution in [2.75, 3.05) is 26.2 Å². The molecule has 1 rings (SSSR count). The van der Waals surface area contributed by atoms with E-state index in [1.54, 1.807) is 0 Å². The molecule has 1 aliphatic heterocycles. The zero-order valence-electron chi connectivity index (χ0n) is 8.29. The number of nitrogens with two attached hydrogens (primary N) is 1. The molecular formula is C9H21N3. The minimum absolute atomic E-state index is 0.185. The monoisotopic (exact) mass is 171 g/mol. The minimum Gasteiger partial charge on any atom is -0.303 e. The van der Waals surface area contributed by atoms with Gasteiger partial charge < -0.3 is 5.73 Å². The van der Waals surface area contributed by atoms with Gasteiger partial charge in [0.15, 0.2) is 0 Å². The third-order valence-electron chi connectivity index (χ3n) is 2.44. The Bertz CT molecular complexity index is 113. The SMILES string of the molecule is CCCN1CCN(CCC)C1N. The van der Waals surface area contributed by atoms with Crippen LogP contribution in [0, 0.1) is 0 Å². The summed E-state index contributed by atoms with van der Waals surface area (Å²) >= 11 is 0. The average molecular weight is 171 g/mol. The van der Waals surface area contributed by atoms with E-state index in [1.165, 1.54) is 12.8 Å². The third-order valence-corrected chi connectivity index (χ3v) is 2.44. The average Bonchev–Trinajstić information content (AvgIpc) is 2.38. The van der Waals surface area contributed by atoms with Crippen molar-refractivity contribution in [1.29, 1.82) is 0 Å². The van der Waals surface area contributed by atoms with Gasteiger partial charge in [-0.3, -0.25) is 9.80 Å². The molecule has 0 unspecified atom stereocenters. The Morgan fingerprint density at radius 1 is 1.08 bits per heavy atom. The van der Waals surface area contributed by atoms with Crippen LogP contribution in [0.15, 0.2) is 0 Å². The van der Waals surface area contributed by atoms with E-state index in [0.717, 1.165) is 26.2 Å². The van der Waals surface area contributed by atoms with Crippen LogP contribution < -0.4 is 5.73 Å². The highest BCUT2D eigenvalue weighted by Gasteiger charge is 2.26. The lowest BCUT2D eigenvalue weighted by Crippen LogP contribution is -2.46. The zero-order valence-corrected chi connectivity index (χ0v) is 8.29. The molecule has 3 nitrogen and oxygen atoms in total. The second-order valence-corrected chi connectivity index (χ2v) is 3.49. The second-order valence-electron chi connectivity index (χ2n) is 3.49. The van der Waals surface area contributed by atoms with Gasteiger partial charge in [0.1, 0.15) is 6.29 Å². The molecule has 1 aliphatic rings. The molecule has 1 heterocycles. The van der Waals surface area contributed by atoms with Crippen molar-refractivity contribution in [2.45, 2.75) is 33.0 Å². The predicted octanol–water partition coefficient (Wildman–Crippen LogP) is 0.666. The molecule has 0 atom stereocenters. The van der Waals surface area contributed by atoms with E-state index in [0.29, 0.717) is 0 Å². The van der Waals surface area contributed by atoms with E-state index in [4.69, 9.17) is 5.73 Å². The summed E-state index contributed by atoms with van der Waals surface area (Å²) in [4.78, 5) is 4.71. The smallest absolute Gasteiger partial charge is 0.114 e. The van der Waals surface area contributed by atoms with Crippen LogP contribution in [0.1, 0.15) is 26.7 Å². The van der Waals surface area contributed by atoms with Crippen LogP contribution in [0.5, 0.6) is 0 Å². The fraction of sp³-hybridized carbons (Fsp3) is 1.00. The second kappa shape index (κ2) is 4.80. The highest BCUT2D eigenvalue weighted by molar-refractivity contribution is 4.76. The number of nitrogens with zero attached hydrogens (tertiary/aromatic N) is 2. The molecular weight excluding hydrogens is 150 g/mol. The van der Waals surface area contributed by atoms with Crippen LogP contribution in [0.3, 0.4) is 0 Å². The van der Waals surface area contributed by atoms with Crippen LogP contribution >= 0.6 is 0 Å². The van der Waals surface area contributed by atoms with Gasteiger partial charge in [-0.15, -0.1) is 0 Å². The molecule has 0 radical (unpaired) electrons. The van der Waals surface area contributed by atoms with Crippen molar-refractivity contribution < 1.29 is 0 Å². The van der Waals surface area contributed by atoms with Crippen molar-refractivity contribution in [3.63, 3.8) is 0 Å². The van der Waals surface area contributed by atoms with E-state index in [1.807, 2.05) is 0 Å². The fourth-order valence-corrected chi connectivity index (χ4v) is 1.81. The molecule has 3 heteroatoms. The first-order chi connectivity index (χ1) is 5.79. The molecule has 0 saturated carbocycles. The van der Waals surface area contributed by atoms with E-state index in [-0.39, 0.29) is 6.29 Å². The molecule has 0 aromatic heterocycles. The van der Waals surface area contributed by atoms with Crippen LogP contribution in [-0.2, 0) is 0 Å². The summed E-state index contributed by atoms with van der Waals surface area (Å²) in [5.74, 6) is 0. The Morgan fingerprint density at radius 3 is 1.83 bits per heavy atom. The highest BCUT2D eigenvalue weighted by atomic mass is 15.5. The number of hydrogen-bond acceptors (Lipinski definition) is 3. The van der Waals surface area contributed by atoms with Crippen molar-refractivity contribution in [3.8, 4) is 0 Å². The van der Waals surface area contributed by atoms with Crippen LogP contribution in [0.25, 0.3) is 0 Å². The lowest BCUT2D eigenvalue weighted by atomic mass is 10.4. The van der Waals surface area contributed by atoms with Crippen molar-refractivity contribution in [2.24, 2.45) is 5.73 Å². The van der Waals surface area contributed by atoms with Crippen molar-refractivity contribution in [3.05, 3.63) is 0 Å². The summed E-state index contributed by atoms with van der Waals surface area (Å²) in [6, 6.07) is 0. The predicted molar refractivity (Wildman–Crippen MR) is 51.7 cm³/mol. The Kier molecular flexibility index (Phi) is 3.98. The Balaban J connectivity index is 2.32. The summed E-state index contributed by atoms with van der Waals surface area (Å²) in [5.41, 5.74) is 6.05. The summed E-state index contributed by atoms with van der Waals surface area (Å²) in [5, 5.41) is 0. The quantitative estimate of drug-likeness (QED) is 0.674. The van der Waals surface area contributed by atoms with Crippen LogP contribution in [-0.4, -0.2) is 42.3 Å². The lowest BCUT2D eigenvalue weighted by molar-refractivity contribution is 0.142. The molecule has 2 N–H and O–H groups in total. The van der Waals surface area contributed by atoms with Gasteiger partial charge >= 0.3 is 0 Å². The van der Waals surface area contributed by atoms with Gasteiger partial charge in [0.05, 0.1) is 0 Å². The molecule has 0 spiro atoms. The fourth-order valence-electron chi connectivity index (χ4n) is 1.81. The highest BCUT2D eigenvalue weighted by Crippen LogP contribution is 2.10. The van der Waals surface area contributed by atoms with Gasteiger partial charge in [-0.1, -0.05) is 13.8 Å². The van der Waals surface area contributed by atoms with Gasteiger partial charge in [0, 0.05) is 26.2 Å². The largest absolute Gasteiger partial charge is 0.303 e. The molecule has 12 heavy (non-hydrogen) atoms. The molecule has 0 aliphatic carbocycles. The van der Waals surface area contributed by atoms with E-state index in [9.17, 15) is 0 Å². The Hall–Kier alpha value is -0.120. The maximum Gasteiger partial charge on any atom is 0.114 e. The maximum atomic E-state index is 6.05. The standard InChI is InChI=1S/C9H21N3/c1-3-5-11-7-8-12(6-4-2)9(11)10/h9H,3-8,10H2,1-2H3. The normalized spacial score (nSPS) is 22.2. The molecule has 1 saturated heterocycles. The number of hydrogen-bond donors (Lipinski definition) is 1. The van der Waals surface area contributed by atoms with Gasteiger partial charge in [0.25, 0.3) is 0 Å². The van der Waals surface area contributed by atoms with E-state index < -0.39 is 0 Å². The first-order valence-corrected chi connectivity index (χ1v) is 5.03. The van der Waals surface area contributed by atoms with Gasteiger partial charge in [-0.25, -0.2) is 0 Å². The summed E-state index contributed by atoms with van der Waals surface area (Å²) < 4.78 is 0. The first-order valence-electron chi connectivity index (χ1n) is 5.03. The first kappa shape index (κ1) is 9.96. The maximum absolute atomic E-state index is 6.05. The van der Waals surface area contributed by atoms with Gasteiger partial charge in [0.2, 0.25) is 0 Å². The van der Waals surface area contributed by atoms with Gasteiger partial charge in [-0.2, -0.15) is 0 Å². The summed E-state index contributed by atoms with van der Waals surface area (Å²) in [7, 11) is 0. The Morgan fingerprint density at radius 2 is 1.50 bits per heavy atom. The molecule has 0 aromatic rings. The van der Waals surface area contributed by atoms with Crippen molar-refractivity contribution >= 4 is 0 Å². The molecule has 72 valence electrons. The van der Waals surface area contributed by atoms with Gasteiger partial charge in [-0.05, 0) is 12.8 Å². The third kappa shape index (κ3) is 2.19. The lowest BCUT2D eigenvalue weighted by Gasteiger charge is -2.25. The molecule has 1 fully saturated rings.